The molecule has 0 aliphatic carbocycles. The van der Waals surface area contributed by atoms with Crippen molar-refractivity contribution in [1.82, 2.24) is 0 Å². The molecule has 2 rings (SSSR count). The van der Waals surface area contributed by atoms with Crippen molar-refractivity contribution in [3.05, 3.63) is 58.6 Å². The van der Waals surface area contributed by atoms with Crippen LogP contribution in [0.5, 0.6) is 0 Å². The summed E-state index contributed by atoms with van der Waals surface area (Å²) in [6.45, 7) is 0. The smallest absolute Gasteiger partial charge is 0.150 e. The van der Waals surface area contributed by atoms with E-state index in [-0.39, 0.29) is 0 Å². The van der Waals surface area contributed by atoms with Gasteiger partial charge in [-0.05, 0) is 23.3 Å². The third kappa shape index (κ3) is 2.34. The van der Waals surface area contributed by atoms with E-state index in [9.17, 15) is 4.79 Å². The summed E-state index contributed by atoms with van der Waals surface area (Å²) in [6, 6.07) is 15.6. The molecule has 0 radical (unpaired) electrons. The van der Waals surface area contributed by atoms with E-state index in [1.54, 1.807) is 0 Å². The van der Waals surface area contributed by atoms with Crippen molar-refractivity contribution in [1.29, 1.82) is 0 Å². The molecule has 0 saturated heterocycles. The topological polar surface area (TPSA) is 17.1 Å². The largest absolute Gasteiger partial charge is 0.298 e. The summed E-state index contributed by atoms with van der Waals surface area (Å²) in [5, 5.41) is 0. The van der Waals surface area contributed by atoms with Crippen molar-refractivity contribution in [2.45, 2.75) is 0 Å². The molecule has 0 N–H and O–H groups in total. The van der Waals surface area contributed by atoms with Crippen LogP contribution in [0.1, 0.15) is 10.4 Å². The molecule has 1 nitrogen and oxygen atoms in total. The third-order valence-corrected chi connectivity index (χ3v) is 2.70. The Morgan fingerprint density at radius 1 is 0.933 bits per heavy atom. The molecule has 0 aliphatic rings. The fraction of sp³-hybridized carbons (Fsp3) is 0. The van der Waals surface area contributed by atoms with Crippen molar-refractivity contribution in [3.63, 3.8) is 0 Å². The van der Waals surface area contributed by atoms with E-state index >= 15 is 0 Å². The van der Waals surface area contributed by atoms with Gasteiger partial charge in [0.25, 0.3) is 0 Å². The van der Waals surface area contributed by atoms with Gasteiger partial charge in [-0.3, -0.25) is 4.79 Å². The summed E-state index contributed by atoms with van der Waals surface area (Å²) >= 11 is 3.43. The number of hydrogen-bond donors (Lipinski definition) is 0. The number of benzene rings is 2. The second-order valence-corrected chi connectivity index (χ2v) is 4.17. The van der Waals surface area contributed by atoms with E-state index in [4.69, 9.17) is 0 Å². The van der Waals surface area contributed by atoms with Crippen LogP contribution in [-0.2, 0) is 0 Å². The number of carbonyl (C=O) groups is 1. The summed E-state index contributed by atoms with van der Waals surface area (Å²) in [7, 11) is 0. The molecule has 15 heavy (non-hydrogen) atoms. The molecule has 0 aliphatic heterocycles. The van der Waals surface area contributed by atoms with Crippen molar-refractivity contribution >= 4 is 22.2 Å². The minimum atomic E-state index is 0.703. The molecule has 74 valence electrons. The van der Waals surface area contributed by atoms with Gasteiger partial charge in [0.2, 0.25) is 0 Å². The molecule has 0 saturated carbocycles. The summed E-state index contributed by atoms with van der Waals surface area (Å²) in [6.07, 6.45) is 0.852. The van der Waals surface area contributed by atoms with Gasteiger partial charge in [-0.25, -0.2) is 0 Å². The predicted molar refractivity (Wildman–Crippen MR) is 65.0 cm³/mol. The number of rotatable bonds is 2. The molecule has 0 heterocycles. The first-order valence-electron chi connectivity index (χ1n) is 4.61. The van der Waals surface area contributed by atoms with Gasteiger partial charge in [0.05, 0.1) is 0 Å². The zero-order valence-electron chi connectivity index (χ0n) is 7.98. The maximum atomic E-state index is 10.5. The normalized spacial score (nSPS) is 9.93. The van der Waals surface area contributed by atoms with E-state index in [0.29, 0.717) is 5.56 Å². The summed E-state index contributed by atoms with van der Waals surface area (Å²) < 4.78 is 1.06. The Kier molecular flexibility index (Phi) is 2.97. The first-order valence-corrected chi connectivity index (χ1v) is 5.40. The van der Waals surface area contributed by atoms with Gasteiger partial charge in [0.15, 0.2) is 0 Å². The van der Waals surface area contributed by atoms with Gasteiger partial charge >= 0.3 is 0 Å². The monoisotopic (exact) mass is 260 g/mol. The Morgan fingerprint density at radius 2 is 1.67 bits per heavy atom. The number of aldehydes is 1. The second kappa shape index (κ2) is 4.41. The first kappa shape index (κ1) is 10.1. The highest BCUT2D eigenvalue weighted by Gasteiger charge is 1.97. The van der Waals surface area contributed by atoms with Crippen molar-refractivity contribution in [3.8, 4) is 11.1 Å². The first-order chi connectivity index (χ1) is 7.29. The van der Waals surface area contributed by atoms with Gasteiger partial charge in [-0.2, -0.15) is 0 Å². The van der Waals surface area contributed by atoms with Crippen molar-refractivity contribution < 1.29 is 4.79 Å². The minimum absolute atomic E-state index is 0.703. The Labute approximate surface area is 96.9 Å². The Hall–Kier alpha value is -1.41. The standard InChI is InChI=1S/C13H9BrO/c14-13-3-1-2-12(8-13)11-6-4-10(9-15)5-7-11/h1-9H. The molecule has 0 aromatic heterocycles. The highest BCUT2D eigenvalue weighted by molar-refractivity contribution is 9.10. The number of carbonyl (C=O) groups excluding carboxylic acids is 1. The quantitative estimate of drug-likeness (QED) is 0.748. The molecule has 2 aromatic carbocycles. The summed E-state index contributed by atoms with van der Waals surface area (Å²) in [5.41, 5.74) is 2.96. The SMILES string of the molecule is O=Cc1ccc(-c2cccc(Br)c2)cc1. The van der Waals surface area contributed by atoms with E-state index in [1.807, 2.05) is 42.5 Å². The zero-order chi connectivity index (χ0) is 10.7. The van der Waals surface area contributed by atoms with Crippen molar-refractivity contribution in [2.75, 3.05) is 0 Å². The van der Waals surface area contributed by atoms with Gasteiger partial charge in [0.1, 0.15) is 6.29 Å². The zero-order valence-corrected chi connectivity index (χ0v) is 9.57. The highest BCUT2D eigenvalue weighted by Crippen LogP contribution is 2.22. The Balaban J connectivity index is 2.41. The van der Waals surface area contributed by atoms with Crippen molar-refractivity contribution in [2.24, 2.45) is 0 Å². The van der Waals surface area contributed by atoms with Crippen LogP contribution < -0.4 is 0 Å². The summed E-state index contributed by atoms with van der Waals surface area (Å²) in [4.78, 5) is 10.5. The number of hydrogen-bond acceptors (Lipinski definition) is 1. The number of halogens is 1. The van der Waals surface area contributed by atoms with Crippen LogP contribution in [0.2, 0.25) is 0 Å². The molecular formula is C13H9BrO. The molecule has 0 bridgehead atoms. The maximum Gasteiger partial charge on any atom is 0.150 e. The third-order valence-electron chi connectivity index (χ3n) is 2.20. The molecule has 0 spiro atoms. The van der Waals surface area contributed by atoms with E-state index < -0.39 is 0 Å². The van der Waals surface area contributed by atoms with Crippen LogP contribution >= 0.6 is 15.9 Å². The lowest BCUT2D eigenvalue weighted by Crippen LogP contribution is -1.81. The Morgan fingerprint density at radius 3 is 2.27 bits per heavy atom. The van der Waals surface area contributed by atoms with Crippen LogP contribution in [-0.4, -0.2) is 6.29 Å². The lowest BCUT2D eigenvalue weighted by Gasteiger charge is -2.02. The van der Waals surface area contributed by atoms with Gasteiger partial charge < -0.3 is 0 Å². The second-order valence-electron chi connectivity index (χ2n) is 3.25. The van der Waals surface area contributed by atoms with Crippen LogP contribution in [0.3, 0.4) is 0 Å². The average molecular weight is 261 g/mol. The molecule has 0 fully saturated rings. The molecule has 0 atom stereocenters. The van der Waals surface area contributed by atoms with Gasteiger partial charge in [-0.15, -0.1) is 0 Å². The fourth-order valence-corrected chi connectivity index (χ4v) is 1.82. The minimum Gasteiger partial charge on any atom is -0.298 e. The highest BCUT2D eigenvalue weighted by atomic mass is 79.9. The van der Waals surface area contributed by atoms with Crippen LogP contribution in [0.25, 0.3) is 11.1 Å². The van der Waals surface area contributed by atoms with Crippen LogP contribution in [0.15, 0.2) is 53.0 Å². The fourth-order valence-electron chi connectivity index (χ4n) is 1.42. The van der Waals surface area contributed by atoms with E-state index in [0.717, 1.165) is 21.9 Å². The molecule has 0 unspecified atom stereocenters. The Bertz CT molecular complexity index is 474. The van der Waals surface area contributed by atoms with Gasteiger partial charge in [0, 0.05) is 10.0 Å². The lowest BCUT2D eigenvalue weighted by atomic mass is 10.0. The predicted octanol–water partition coefficient (Wildman–Crippen LogP) is 3.93. The van der Waals surface area contributed by atoms with Gasteiger partial charge in [-0.1, -0.05) is 52.3 Å². The van der Waals surface area contributed by atoms with Crippen LogP contribution in [0.4, 0.5) is 0 Å². The maximum absolute atomic E-state index is 10.5. The van der Waals surface area contributed by atoms with E-state index in [1.165, 1.54) is 0 Å². The van der Waals surface area contributed by atoms with E-state index in [2.05, 4.69) is 22.0 Å². The average Bonchev–Trinajstić information content (AvgIpc) is 2.29. The summed E-state index contributed by atoms with van der Waals surface area (Å²) in [5.74, 6) is 0. The molecule has 2 aromatic rings. The molecule has 0 amide bonds. The van der Waals surface area contributed by atoms with Crippen LogP contribution in [0, 0.1) is 0 Å². The molecule has 2 heteroatoms. The lowest BCUT2D eigenvalue weighted by molar-refractivity contribution is 0.112. The molecular weight excluding hydrogens is 252 g/mol.